The van der Waals surface area contributed by atoms with Gasteiger partial charge in [-0.15, -0.1) is 0 Å². The molecule has 0 unspecified atom stereocenters. The van der Waals surface area contributed by atoms with Crippen LogP contribution in [0.2, 0.25) is 0 Å². The monoisotopic (exact) mass is 308 g/mol. The lowest BCUT2D eigenvalue weighted by atomic mass is 10.0. The van der Waals surface area contributed by atoms with Gasteiger partial charge < -0.3 is 0 Å². The van der Waals surface area contributed by atoms with Crippen LogP contribution >= 0.6 is 0 Å². The molecule has 1 aromatic heterocycles. The quantitative estimate of drug-likeness (QED) is 0.686. The first kappa shape index (κ1) is 17.4. The van der Waals surface area contributed by atoms with Crippen molar-refractivity contribution in [3.8, 4) is 0 Å². The van der Waals surface area contributed by atoms with Crippen LogP contribution in [0, 0.1) is 6.92 Å². The van der Waals surface area contributed by atoms with Crippen molar-refractivity contribution in [2.45, 2.75) is 33.6 Å². The summed E-state index contributed by atoms with van der Waals surface area (Å²) in [7, 11) is 0. The van der Waals surface area contributed by atoms with E-state index in [4.69, 9.17) is 0 Å². The average Bonchev–Trinajstić information content (AvgIpc) is 2.58. The molecule has 1 heterocycles. The zero-order valence-corrected chi connectivity index (χ0v) is 14.6. The van der Waals surface area contributed by atoms with Crippen LogP contribution in [0.5, 0.6) is 0 Å². The van der Waals surface area contributed by atoms with Crippen LogP contribution in [0.15, 0.2) is 54.7 Å². The predicted octanol–water partition coefficient (Wildman–Crippen LogP) is 4.94. The smallest absolute Gasteiger partial charge is 0.0705 e. The van der Waals surface area contributed by atoms with Crippen molar-refractivity contribution in [1.29, 1.82) is 0 Å². The highest BCUT2D eigenvalue weighted by Gasteiger charge is 2.07. The van der Waals surface area contributed by atoms with Crippen LogP contribution in [0.1, 0.15) is 43.5 Å². The van der Waals surface area contributed by atoms with Gasteiger partial charge in [0.15, 0.2) is 0 Å². The fourth-order valence-corrected chi connectivity index (χ4v) is 2.77. The molecular weight excluding hydrogens is 280 g/mol. The maximum Gasteiger partial charge on any atom is 0.0705 e. The molecule has 2 aromatic rings. The van der Waals surface area contributed by atoms with Crippen LogP contribution < -0.4 is 0 Å². The molecule has 0 saturated heterocycles. The van der Waals surface area contributed by atoms with Gasteiger partial charge in [0.05, 0.1) is 5.69 Å². The molecule has 0 amide bonds. The van der Waals surface area contributed by atoms with Gasteiger partial charge in [-0.2, -0.15) is 0 Å². The maximum absolute atomic E-state index is 4.56. The first-order valence-corrected chi connectivity index (χ1v) is 8.65. The lowest BCUT2D eigenvalue weighted by Crippen LogP contribution is -2.25. The molecule has 0 spiro atoms. The molecule has 0 fully saturated rings. The summed E-state index contributed by atoms with van der Waals surface area (Å²) in [5, 5.41) is 0. The molecule has 0 N–H and O–H groups in total. The molecule has 2 nitrogen and oxygen atoms in total. The summed E-state index contributed by atoms with van der Waals surface area (Å²) in [5.74, 6) is 0. The molecular formula is C21H28N2. The van der Waals surface area contributed by atoms with E-state index in [9.17, 15) is 0 Å². The van der Waals surface area contributed by atoms with Crippen molar-refractivity contribution in [3.05, 3.63) is 71.6 Å². The minimum absolute atomic E-state index is 0.974. The normalized spacial score (nSPS) is 11.9. The van der Waals surface area contributed by atoms with E-state index in [-0.39, 0.29) is 0 Å². The molecule has 2 heteroatoms. The third-order valence-electron chi connectivity index (χ3n) is 3.94. The van der Waals surface area contributed by atoms with E-state index in [1.165, 1.54) is 29.5 Å². The van der Waals surface area contributed by atoms with E-state index in [0.717, 1.165) is 25.3 Å². The summed E-state index contributed by atoms with van der Waals surface area (Å²) >= 11 is 0. The second-order valence-electron chi connectivity index (χ2n) is 6.00. The molecule has 2 rings (SSSR count). The Morgan fingerprint density at radius 2 is 1.70 bits per heavy atom. The highest BCUT2D eigenvalue weighted by atomic mass is 15.1. The minimum atomic E-state index is 0.974. The summed E-state index contributed by atoms with van der Waals surface area (Å²) in [6.45, 7) is 9.87. The zero-order valence-electron chi connectivity index (χ0n) is 14.6. The van der Waals surface area contributed by atoms with E-state index in [0.29, 0.717) is 0 Å². The van der Waals surface area contributed by atoms with Crippen molar-refractivity contribution in [1.82, 2.24) is 9.88 Å². The Kier molecular flexibility index (Phi) is 7.02. The van der Waals surface area contributed by atoms with Gasteiger partial charge in [-0.3, -0.25) is 9.88 Å². The maximum atomic E-state index is 4.56. The Hall–Kier alpha value is -1.93. The third-order valence-corrected chi connectivity index (χ3v) is 3.94. The van der Waals surface area contributed by atoms with E-state index in [2.05, 4.69) is 73.1 Å². The Labute approximate surface area is 140 Å². The number of hydrogen-bond acceptors (Lipinski definition) is 2. The SMILES string of the molecule is CCCN(C/C=C(\c1ccc(C)cc1)c1ccccn1)CCC. The number of aryl methyl sites for hydroxylation is 1. The largest absolute Gasteiger partial charge is 0.300 e. The van der Waals surface area contributed by atoms with Gasteiger partial charge in [0.2, 0.25) is 0 Å². The molecule has 122 valence electrons. The van der Waals surface area contributed by atoms with E-state index in [1.54, 1.807) is 0 Å². The Morgan fingerprint density at radius 1 is 1.00 bits per heavy atom. The van der Waals surface area contributed by atoms with Gasteiger partial charge in [0.1, 0.15) is 0 Å². The summed E-state index contributed by atoms with van der Waals surface area (Å²) in [4.78, 5) is 7.07. The summed E-state index contributed by atoms with van der Waals surface area (Å²) in [6, 6.07) is 14.8. The zero-order chi connectivity index (χ0) is 16.5. The fourth-order valence-electron chi connectivity index (χ4n) is 2.77. The fraction of sp³-hybridized carbons (Fsp3) is 0.381. The molecule has 0 atom stereocenters. The second kappa shape index (κ2) is 9.26. The molecule has 0 radical (unpaired) electrons. The lowest BCUT2D eigenvalue weighted by Gasteiger charge is -2.20. The first-order chi connectivity index (χ1) is 11.2. The Balaban J connectivity index is 2.29. The van der Waals surface area contributed by atoms with Gasteiger partial charge in [-0.05, 0) is 50.6 Å². The predicted molar refractivity (Wildman–Crippen MR) is 99.5 cm³/mol. The van der Waals surface area contributed by atoms with Gasteiger partial charge in [0, 0.05) is 18.3 Å². The number of pyridine rings is 1. The number of benzene rings is 1. The lowest BCUT2D eigenvalue weighted by molar-refractivity contribution is 0.304. The van der Waals surface area contributed by atoms with Crippen molar-refractivity contribution in [3.63, 3.8) is 0 Å². The first-order valence-electron chi connectivity index (χ1n) is 8.65. The number of aromatic nitrogens is 1. The van der Waals surface area contributed by atoms with Gasteiger partial charge in [-0.1, -0.05) is 55.8 Å². The van der Waals surface area contributed by atoms with Crippen molar-refractivity contribution in [2.24, 2.45) is 0 Å². The van der Waals surface area contributed by atoms with Crippen LogP contribution in [0.25, 0.3) is 5.57 Å². The molecule has 23 heavy (non-hydrogen) atoms. The summed E-state index contributed by atoms with van der Waals surface area (Å²) < 4.78 is 0. The molecule has 0 saturated carbocycles. The standard InChI is InChI=1S/C21H28N2/c1-4-15-23(16-5-2)17-13-20(21-8-6-7-14-22-21)19-11-9-18(3)10-12-19/h6-14H,4-5,15-17H2,1-3H3/b20-13+. The van der Waals surface area contributed by atoms with Crippen LogP contribution in [0.3, 0.4) is 0 Å². The average molecular weight is 308 g/mol. The van der Waals surface area contributed by atoms with Gasteiger partial charge in [-0.25, -0.2) is 0 Å². The van der Waals surface area contributed by atoms with E-state index < -0.39 is 0 Å². The number of nitrogens with zero attached hydrogens (tertiary/aromatic N) is 2. The Bertz CT molecular complexity index is 593. The van der Waals surface area contributed by atoms with Crippen molar-refractivity contribution in [2.75, 3.05) is 19.6 Å². The highest BCUT2D eigenvalue weighted by Crippen LogP contribution is 2.22. The molecule has 0 aliphatic carbocycles. The molecule has 1 aromatic carbocycles. The van der Waals surface area contributed by atoms with Crippen molar-refractivity contribution >= 4 is 5.57 Å². The van der Waals surface area contributed by atoms with E-state index in [1.807, 2.05) is 12.3 Å². The summed E-state index contributed by atoms with van der Waals surface area (Å²) in [6.07, 6.45) is 6.58. The summed E-state index contributed by atoms with van der Waals surface area (Å²) in [5.41, 5.74) is 4.79. The number of hydrogen-bond donors (Lipinski definition) is 0. The molecule has 0 aliphatic rings. The minimum Gasteiger partial charge on any atom is -0.300 e. The van der Waals surface area contributed by atoms with E-state index >= 15 is 0 Å². The Morgan fingerprint density at radius 3 is 2.26 bits per heavy atom. The van der Waals surface area contributed by atoms with Crippen LogP contribution in [-0.4, -0.2) is 29.5 Å². The van der Waals surface area contributed by atoms with Crippen LogP contribution in [-0.2, 0) is 0 Å². The topological polar surface area (TPSA) is 16.1 Å². The van der Waals surface area contributed by atoms with Gasteiger partial charge in [0.25, 0.3) is 0 Å². The van der Waals surface area contributed by atoms with Gasteiger partial charge >= 0.3 is 0 Å². The third kappa shape index (κ3) is 5.33. The second-order valence-corrected chi connectivity index (χ2v) is 6.00. The number of rotatable bonds is 8. The van der Waals surface area contributed by atoms with Crippen LogP contribution in [0.4, 0.5) is 0 Å². The van der Waals surface area contributed by atoms with Crippen molar-refractivity contribution < 1.29 is 0 Å². The molecule has 0 aliphatic heterocycles. The molecule has 0 bridgehead atoms. The highest BCUT2D eigenvalue weighted by molar-refractivity contribution is 5.78.